The topological polar surface area (TPSA) is 38.0 Å². The number of benzene rings is 8. The highest BCUT2D eigenvalue weighted by molar-refractivity contribution is 6.32. The molecule has 0 radical (unpaired) electrons. The number of hydrogen-bond donors (Lipinski definition) is 0. The second kappa shape index (κ2) is 9.81. The molecule has 0 bridgehead atoms. The molecule has 0 aliphatic heterocycles. The maximum Gasteiger partial charge on any atom is 0.212 e. The van der Waals surface area contributed by atoms with E-state index in [2.05, 4.69) is 141 Å². The van der Waals surface area contributed by atoms with Crippen molar-refractivity contribution in [3.05, 3.63) is 163 Å². The summed E-state index contributed by atoms with van der Waals surface area (Å²) in [4.78, 5) is 4.13. The molecular weight excluding hydrogens is 585 g/mol. The van der Waals surface area contributed by atoms with Gasteiger partial charge in [-0.1, -0.05) is 115 Å². The quantitative estimate of drug-likeness (QED) is 0.142. The van der Waals surface area contributed by atoms with E-state index in [1.54, 1.807) is 0 Å². The van der Waals surface area contributed by atoms with Gasteiger partial charge in [0, 0.05) is 26.9 Å². The number of fused-ring (bicyclic) bond motifs is 13. The fourth-order valence-electron chi connectivity index (χ4n) is 7.99. The van der Waals surface area contributed by atoms with Gasteiger partial charge >= 0.3 is 0 Å². The van der Waals surface area contributed by atoms with Crippen LogP contribution in [0.3, 0.4) is 0 Å². The third-order valence-electron chi connectivity index (χ3n) is 9.92. The van der Waals surface area contributed by atoms with Crippen molar-refractivity contribution in [3.8, 4) is 17.4 Å². The van der Waals surface area contributed by atoms with Crippen molar-refractivity contribution in [3.63, 3.8) is 0 Å². The highest BCUT2D eigenvalue weighted by Gasteiger charge is 2.23. The number of para-hydroxylation sites is 2. The van der Waals surface area contributed by atoms with Gasteiger partial charge in [-0.25, -0.2) is 4.85 Å². The monoisotopic (exact) mass is 608 g/mol. The Kier molecular flexibility index (Phi) is 5.38. The van der Waals surface area contributed by atoms with Gasteiger partial charge in [0.2, 0.25) is 5.69 Å². The normalized spacial score (nSPS) is 11.7. The fourth-order valence-corrected chi connectivity index (χ4v) is 7.99. The molecule has 0 amide bonds. The molecule has 0 saturated heterocycles. The molecular formula is C44H24N4. The van der Waals surface area contributed by atoms with E-state index in [9.17, 15) is 5.26 Å². The van der Waals surface area contributed by atoms with E-state index in [1.807, 2.05) is 24.3 Å². The van der Waals surface area contributed by atoms with Crippen LogP contribution in [-0.2, 0) is 0 Å². The van der Waals surface area contributed by atoms with Gasteiger partial charge in [-0.05, 0) is 57.3 Å². The van der Waals surface area contributed by atoms with Crippen LogP contribution in [0.25, 0.3) is 92.1 Å². The third kappa shape index (κ3) is 3.41. The Labute approximate surface area is 275 Å². The summed E-state index contributed by atoms with van der Waals surface area (Å²) in [5.41, 5.74) is 6.42. The van der Waals surface area contributed by atoms with Crippen molar-refractivity contribution in [2.75, 3.05) is 0 Å². The van der Waals surface area contributed by atoms with E-state index in [0.717, 1.165) is 65.2 Å². The lowest BCUT2D eigenvalue weighted by molar-refractivity contribution is 1.14. The maximum atomic E-state index is 10.8. The lowest BCUT2D eigenvalue weighted by Gasteiger charge is -2.17. The van der Waals surface area contributed by atoms with Crippen LogP contribution in [0.4, 0.5) is 5.69 Å². The van der Waals surface area contributed by atoms with E-state index in [-0.39, 0.29) is 0 Å². The van der Waals surface area contributed by atoms with Gasteiger partial charge in [0.1, 0.15) is 6.07 Å². The summed E-state index contributed by atoms with van der Waals surface area (Å²) < 4.78 is 4.36. The Hall–Kier alpha value is -6.88. The zero-order valence-corrected chi connectivity index (χ0v) is 25.6. The van der Waals surface area contributed by atoms with Gasteiger partial charge in [0.25, 0.3) is 0 Å². The molecule has 0 aliphatic carbocycles. The number of aromatic nitrogens is 2. The molecule has 220 valence electrons. The number of nitriles is 1. The van der Waals surface area contributed by atoms with E-state index in [0.29, 0.717) is 22.6 Å². The van der Waals surface area contributed by atoms with Crippen molar-refractivity contribution in [2.45, 2.75) is 0 Å². The number of nitrogens with zero attached hydrogens (tertiary/aromatic N) is 4. The minimum atomic E-state index is 0.482. The second-order valence-electron chi connectivity index (χ2n) is 12.3. The van der Waals surface area contributed by atoms with Crippen molar-refractivity contribution >= 4 is 81.6 Å². The first kappa shape index (κ1) is 26.3. The predicted octanol–water partition coefficient (Wildman–Crippen LogP) is 11.8. The van der Waals surface area contributed by atoms with Crippen LogP contribution < -0.4 is 0 Å². The molecule has 48 heavy (non-hydrogen) atoms. The molecule has 10 aromatic rings. The van der Waals surface area contributed by atoms with Gasteiger partial charge in [-0.15, -0.1) is 0 Å². The summed E-state index contributed by atoms with van der Waals surface area (Å²) in [5.74, 6) is 0. The van der Waals surface area contributed by atoms with Crippen molar-refractivity contribution in [1.29, 1.82) is 5.26 Å². The molecule has 0 aliphatic rings. The first-order valence-electron chi connectivity index (χ1n) is 16.0. The average molecular weight is 609 g/mol. The number of rotatable bonds is 2. The van der Waals surface area contributed by atoms with Crippen LogP contribution in [-0.4, -0.2) is 9.13 Å². The Morgan fingerprint density at radius 1 is 0.479 bits per heavy atom. The molecule has 4 nitrogen and oxygen atoms in total. The SMILES string of the molecule is [C-]#[N+]c1cc(-n2c3ccccc3c3c4ccccc4c4ccccc4c32)c(C#N)cc1-n1c2ccccc2c2c3ccccc3ccc21. The van der Waals surface area contributed by atoms with Crippen LogP contribution in [0.2, 0.25) is 0 Å². The first-order valence-corrected chi connectivity index (χ1v) is 16.0. The lowest BCUT2D eigenvalue weighted by Crippen LogP contribution is -2.02. The van der Waals surface area contributed by atoms with Gasteiger partial charge in [-0.3, -0.25) is 0 Å². The van der Waals surface area contributed by atoms with E-state index in [4.69, 9.17) is 6.57 Å². The zero-order valence-electron chi connectivity index (χ0n) is 25.6. The highest BCUT2D eigenvalue weighted by atomic mass is 15.0. The van der Waals surface area contributed by atoms with Gasteiger partial charge in [0.05, 0.1) is 45.6 Å². The second-order valence-corrected chi connectivity index (χ2v) is 12.3. The number of hydrogen-bond acceptors (Lipinski definition) is 1. The molecule has 0 saturated carbocycles. The standard InChI is InChI=1S/C44H24N4/c1-46-36-25-40(48-38-21-11-9-19-35(38)43-32-16-6-4-14-30(32)31-15-5-7-17-33(31)44(43)48)28(26-45)24-41(36)47-37-20-10-8-18-34(37)42-29-13-3-2-12-27(29)22-23-39(42)47/h2-25H. The van der Waals surface area contributed by atoms with Crippen LogP contribution in [0.1, 0.15) is 5.56 Å². The summed E-state index contributed by atoms with van der Waals surface area (Å²) in [6, 6.07) is 52.8. The zero-order chi connectivity index (χ0) is 31.9. The molecule has 10 rings (SSSR count). The molecule has 0 spiro atoms. The summed E-state index contributed by atoms with van der Waals surface area (Å²) >= 11 is 0. The smallest absolute Gasteiger partial charge is 0.212 e. The Morgan fingerprint density at radius 3 is 1.75 bits per heavy atom. The molecule has 0 N–H and O–H groups in total. The minimum Gasteiger partial charge on any atom is -0.319 e. The summed E-state index contributed by atoms with van der Waals surface area (Å²) in [7, 11) is 0. The molecule has 2 aromatic heterocycles. The van der Waals surface area contributed by atoms with Crippen molar-refractivity contribution in [2.24, 2.45) is 0 Å². The predicted molar refractivity (Wildman–Crippen MR) is 199 cm³/mol. The van der Waals surface area contributed by atoms with E-state index >= 15 is 0 Å². The van der Waals surface area contributed by atoms with Crippen LogP contribution in [0.5, 0.6) is 0 Å². The van der Waals surface area contributed by atoms with E-state index in [1.165, 1.54) is 10.8 Å². The Bertz CT molecular complexity index is 3090. The molecule has 2 heterocycles. The molecule has 0 atom stereocenters. The van der Waals surface area contributed by atoms with Gasteiger partial charge in [-0.2, -0.15) is 5.26 Å². The summed E-state index contributed by atoms with van der Waals surface area (Å²) in [5, 5.41) is 22.3. The van der Waals surface area contributed by atoms with Crippen LogP contribution in [0.15, 0.2) is 146 Å². The fraction of sp³-hybridized carbons (Fsp3) is 0. The van der Waals surface area contributed by atoms with Crippen molar-refractivity contribution in [1.82, 2.24) is 9.13 Å². The molecule has 0 unspecified atom stereocenters. The third-order valence-corrected chi connectivity index (χ3v) is 9.92. The first-order chi connectivity index (χ1) is 23.8. The van der Waals surface area contributed by atoms with Gasteiger partial charge < -0.3 is 9.13 Å². The van der Waals surface area contributed by atoms with Gasteiger partial charge in [0.15, 0.2) is 0 Å². The summed E-state index contributed by atoms with van der Waals surface area (Å²) in [6.45, 7) is 8.47. The Morgan fingerprint density at radius 2 is 1.04 bits per heavy atom. The van der Waals surface area contributed by atoms with Crippen LogP contribution in [0, 0.1) is 17.9 Å². The summed E-state index contributed by atoms with van der Waals surface area (Å²) in [6.07, 6.45) is 0. The molecule has 0 fully saturated rings. The lowest BCUT2D eigenvalue weighted by atomic mass is 9.97. The average Bonchev–Trinajstić information content (AvgIpc) is 3.68. The molecule has 8 aromatic carbocycles. The maximum absolute atomic E-state index is 10.8. The molecule has 4 heteroatoms. The van der Waals surface area contributed by atoms with Crippen molar-refractivity contribution < 1.29 is 0 Å². The highest BCUT2D eigenvalue weighted by Crippen LogP contribution is 2.45. The van der Waals surface area contributed by atoms with Crippen LogP contribution >= 0.6 is 0 Å². The minimum absolute atomic E-state index is 0.482. The van der Waals surface area contributed by atoms with E-state index < -0.39 is 0 Å². The largest absolute Gasteiger partial charge is 0.319 e. The Balaban J connectivity index is 1.36.